The Morgan fingerprint density at radius 3 is 2.65 bits per heavy atom. The molecule has 0 saturated carbocycles. The zero-order valence-corrected chi connectivity index (χ0v) is 13.9. The van der Waals surface area contributed by atoms with Gasteiger partial charge in [0.25, 0.3) is 11.6 Å². The molecule has 0 atom stereocenters. The van der Waals surface area contributed by atoms with E-state index in [2.05, 4.69) is 5.32 Å². The normalized spacial score (nSPS) is 13.4. The van der Waals surface area contributed by atoms with Gasteiger partial charge in [0.15, 0.2) is 6.61 Å². The van der Waals surface area contributed by atoms with Crippen molar-refractivity contribution in [3.8, 4) is 5.75 Å². The summed E-state index contributed by atoms with van der Waals surface area (Å²) < 4.78 is 5.57. The average Bonchev–Trinajstić information content (AvgIpc) is 3.07. The van der Waals surface area contributed by atoms with Crippen molar-refractivity contribution in [3.63, 3.8) is 0 Å². The van der Waals surface area contributed by atoms with Gasteiger partial charge in [0.1, 0.15) is 5.75 Å². The van der Waals surface area contributed by atoms with Gasteiger partial charge in [-0.3, -0.25) is 19.8 Å². The molecular weight excluding hydrogens is 338 g/mol. The molecule has 1 saturated heterocycles. The molecule has 0 bridgehead atoms. The Hall–Kier alpha value is -3.42. The number of nitro benzene ring substituents is 1. The van der Waals surface area contributed by atoms with Crippen LogP contribution in [0.5, 0.6) is 5.75 Å². The molecule has 0 unspecified atom stereocenters. The first-order valence-electron chi connectivity index (χ1n) is 8.07. The molecule has 0 spiro atoms. The Bertz CT molecular complexity index is 838. The fourth-order valence-corrected chi connectivity index (χ4v) is 2.70. The van der Waals surface area contributed by atoms with E-state index >= 15 is 0 Å². The lowest BCUT2D eigenvalue weighted by atomic mass is 10.0. The molecule has 8 heteroatoms. The number of nitrogens with zero attached hydrogens (tertiary/aromatic N) is 2. The second kappa shape index (κ2) is 7.64. The molecule has 1 fully saturated rings. The molecule has 0 aliphatic carbocycles. The summed E-state index contributed by atoms with van der Waals surface area (Å²) in [4.78, 5) is 35.3. The highest BCUT2D eigenvalue weighted by molar-refractivity contribution is 5.96. The predicted molar refractivity (Wildman–Crippen MR) is 93.0 cm³/mol. The van der Waals surface area contributed by atoms with Crippen molar-refractivity contribution < 1.29 is 19.2 Å². The molecule has 26 heavy (non-hydrogen) atoms. The minimum atomic E-state index is -0.474. The Morgan fingerprint density at radius 2 is 2.00 bits per heavy atom. The second-order valence-electron chi connectivity index (χ2n) is 5.78. The summed E-state index contributed by atoms with van der Waals surface area (Å²) in [5.74, 6) is -0.0728. The summed E-state index contributed by atoms with van der Waals surface area (Å²) in [5.41, 5.74) is 1.51. The SMILES string of the molecule is O=C(COc1ccc([N+](=O)[O-])cc1Cc1ccccc1)N1CCNC1=O. The van der Waals surface area contributed by atoms with Gasteiger partial charge in [-0.1, -0.05) is 30.3 Å². The maximum atomic E-state index is 12.1. The van der Waals surface area contributed by atoms with Crippen molar-refractivity contribution in [3.05, 3.63) is 69.8 Å². The van der Waals surface area contributed by atoms with E-state index in [9.17, 15) is 19.7 Å². The van der Waals surface area contributed by atoms with Gasteiger partial charge in [0, 0.05) is 37.2 Å². The van der Waals surface area contributed by atoms with Crippen LogP contribution in [-0.2, 0) is 11.2 Å². The highest BCUT2D eigenvalue weighted by Crippen LogP contribution is 2.26. The van der Waals surface area contributed by atoms with Gasteiger partial charge >= 0.3 is 6.03 Å². The number of amides is 3. The topological polar surface area (TPSA) is 102 Å². The van der Waals surface area contributed by atoms with Crippen molar-refractivity contribution in [2.75, 3.05) is 19.7 Å². The Labute approximate surface area is 149 Å². The molecule has 1 aliphatic heterocycles. The summed E-state index contributed by atoms with van der Waals surface area (Å²) in [6.45, 7) is 0.409. The molecule has 134 valence electrons. The molecule has 3 rings (SSSR count). The average molecular weight is 355 g/mol. The van der Waals surface area contributed by atoms with Crippen LogP contribution >= 0.6 is 0 Å². The number of ether oxygens (including phenoxy) is 1. The van der Waals surface area contributed by atoms with E-state index < -0.39 is 16.9 Å². The Kier molecular flexibility index (Phi) is 5.12. The van der Waals surface area contributed by atoms with Crippen LogP contribution in [-0.4, -0.2) is 41.5 Å². The smallest absolute Gasteiger partial charge is 0.324 e. The van der Waals surface area contributed by atoms with Crippen LogP contribution in [0.1, 0.15) is 11.1 Å². The maximum Gasteiger partial charge on any atom is 0.324 e. The molecule has 1 aliphatic rings. The lowest BCUT2D eigenvalue weighted by molar-refractivity contribution is -0.384. The highest BCUT2D eigenvalue weighted by atomic mass is 16.6. The van der Waals surface area contributed by atoms with E-state index in [4.69, 9.17) is 4.74 Å². The number of rotatable bonds is 6. The fraction of sp³-hybridized carbons (Fsp3) is 0.222. The lowest BCUT2D eigenvalue weighted by Gasteiger charge is -2.15. The molecular formula is C18H17N3O5. The molecule has 3 amide bonds. The van der Waals surface area contributed by atoms with Crippen LogP contribution in [0.2, 0.25) is 0 Å². The number of hydrogen-bond acceptors (Lipinski definition) is 5. The van der Waals surface area contributed by atoms with Crippen molar-refractivity contribution in [2.24, 2.45) is 0 Å². The fourth-order valence-electron chi connectivity index (χ4n) is 2.70. The van der Waals surface area contributed by atoms with Crippen LogP contribution in [0.25, 0.3) is 0 Å². The van der Waals surface area contributed by atoms with Gasteiger partial charge in [-0.25, -0.2) is 4.79 Å². The van der Waals surface area contributed by atoms with Gasteiger partial charge in [-0.05, 0) is 11.6 Å². The monoisotopic (exact) mass is 355 g/mol. The molecule has 0 aromatic heterocycles. The van der Waals surface area contributed by atoms with E-state index in [1.54, 1.807) is 0 Å². The predicted octanol–water partition coefficient (Wildman–Crippen LogP) is 2.12. The summed E-state index contributed by atoms with van der Waals surface area (Å²) in [7, 11) is 0. The minimum Gasteiger partial charge on any atom is -0.483 e. The van der Waals surface area contributed by atoms with E-state index in [0.29, 0.717) is 30.8 Å². The van der Waals surface area contributed by atoms with Gasteiger partial charge in [0.05, 0.1) is 4.92 Å². The number of carbonyl (C=O) groups excluding carboxylic acids is 2. The minimum absolute atomic E-state index is 0.0477. The van der Waals surface area contributed by atoms with E-state index in [0.717, 1.165) is 10.5 Å². The van der Waals surface area contributed by atoms with Crippen LogP contribution in [0.4, 0.5) is 10.5 Å². The van der Waals surface area contributed by atoms with Crippen molar-refractivity contribution in [1.29, 1.82) is 0 Å². The van der Waals surface area contributed by atoms with Crippen LogP contribution < -0.4 is 10.1 Å². The molecule has 0 radical (unpaired) electrons. The Balaban J connectivity index is 1.77. The first-order chi connectivity index (χ1) is 12.5. The third-order valence-electron chi connectivity index (χ3n) is 4.00. The maximum absolute atomic E-state index is 12.1. The number of imide groups is 1. The molecule has 2 aromatic rings. The van der Waals surface area contributed by atoms with Crippen LogP contribution in [0.15, 0.2) is 48.5 Å². The van der Waals surface area contributed by atoms with Crippen molar-refractivity contribution in [2.45, 2.75) is 6.42 Å². The zero-order valence-electron chi connectivity index (χ0n) is 13.9. The summed E-state index contributed by atoms with van der Waals surface area (Å²) in [6.07, 6.45) is 0.427. The van der Waals surface area contributed by atoms with Gasteiger partial charge in [-0.2, -0.15) is 0 Å². The molecule has 1 N–H and O–H groups in total. The number of nitrogens with one attached hydrogen (secondary N) is 1. The summed E-state index contributed by atoms with van der Waals surface area (Å²) in [5, 5.41) is 13.6. The number of carbonyl (C=O) groups is 2. The number of nitro groups is 1. The number of hydrogen-bond donors (Lipinski definition) is 1. The quantitative estimate of drug-likeness (QED) is 0.632. The zero-order chi connectivity index (χ0) is 18.5. The number of urea groups is 1. The van der Waals surface area contributed by atoms with Gasteiger partial charge in [-0.15, -0.1) is 0 Å². The first kappa shape index (κ1) is 17.4. The van der Waals surface area contributed by atoms with Gasteiger partial charge < -0.3 is 10.1 Å². The van der Waals surface area contributed by atoms with E-state index in [1.807, 2.05) is 30.3 Å². The number of non-ortho nitro benzene ring substituents is 1. The lowest BCUT2D eigenvalue weighted by Crippen LogP contribution is -2.37. The summed E-state index contributed by atoms with van der Waals surface area (Å²) in [6, 6.07) is 13.3. The third-order valence-corrected chi connectivity index (χ3v) is 4.00. The highest BCUT2D eigenvalue weighted by Gasteiger charge is 2.26. The van der Waals surface area contributed by atoms with E-state index in [-0.39, 0.29) is 12.3 Å². The molecule has 8 nitrogen and oxygen atoms in total. The standard InChI is InChI=1S/C18H17N3O5/c22-17(20-9-8-19-18(20)23)12-26-16-7-6-15(21(24)25)11-14(16)10-13-4-2-1-3-5-13/h1-7,11H,8-10,12H2,(H,19,23). The van der Waals surface area contributed by atoms with Crippen molar-refractivity contribution >= 4 is 17.6 Å². The van der Waals surface area contributed by atoms with Crippen LogP contribution in [0.3, 0.4) is 0 Å². The van der Waals surface area contributed by atoms with Crippen LogP contribution in [0, 0.1) is 10.1 Å². The largest absolute Gasteiger partial charge is 0.483 e. The Morgan fingerprint density at radius 1 is 1.23 bits per heavy atom. The summed E-state index contributed by atoms with van der Waals surface area (Å²) >= 11 is 0. The third kappa shape index (κ3) is 3.97. The second-order valence-corrected chi connectivity index (χ2v) is 5.78. The van der Waals surface area contributed by atoms with E-state index in [1.165, 1.54) is 18.2 Å². The molecule has 2 aromatic carbocycles. The molecule has 1 heterocycles. The first-order valence-corrected chi connectivity index (χ1v) is 8.07. The van der Waals surface area contributed by atoms with Gasteiger partial charge in [0.2, 0.25) is 0 Å². The van der Waals surface area contributed by atoms with Crippen molar-refractivity contribution in [1.82, 2.24) is 10.2 Å². The number of benzene rings is 2.